The molecule has 3 rings (SSSR count). The van der Waals surface area contributed by atoms with Gasteiger partial charge in [-0.1, -0.05) is 25.4 Å². The first kappa shape index (κ1) is 26.5. The standard InChI is InChI=1S/C19H17ClF6N6O2S/c1-17(2,19(24,25)26)8-35(33,34)13-4-3-9(7-28-13)14-11(18(21,22)23)5-10(6-12(14)20)29-16-30-15(27)31-32-16/h3-7H,8H2,1-2H3,(H4,27,29,30,31,32). The maximum Gasteiger partial charge on any atom is 0.417 e. The van der Waals surface area contributed by atoms with E-state index in [9.17, 15) is 34.8 Å². The first-order valence-corrected chi connectivity index (χ1v) is 11.6. The highest BCUT2D eigenvalue weighted by molar-refractivity contribution is 7.91. The zero-order valence-electron chi connectivity index (χ0n) is 17.9. The monoisotopic (exact) mass is 542 g/mol. The molecule has 0 radical (unpaired) electrons. The van der Waals surface area contributed by atoms with Crippen LogP contribution in [0.1, 0.15) is 19.4 Å². The molecule has 0 unspecified atom stereocenters. The SMILES string of the molecule is CC(C)(CS(=O)(=O)c1ccc(-c2c(Cl)cc(Nc3n[nH]c(N)n3)cc2C(F)(F)F)cn1)C(F)(F)F. The van der Waals surface area contributed by atoms with Crippen LogP contribution in [0.3, 0.4) is 0 Å². The van der Waals surface area contributed by atoms with Gasteiger partial charge in [-0.25, -0.2) is 18.5 Å². The van der Waals surface area contributed by atoms with Crippen LogP contribution in [0.5, 0.6) is 0 Å². The normalized spacial score (nSPS) is 13.2. The second-order valence-electron chi connectivity index (χ2n) is 8.07. The molecule has 1 aromatic carbocycles. The van der Waals surface area contributed by atoms with Crippen molar-refractivity contribution in [1.82, 2.24) is 20.2 Å². The second-order valence-corrected chi connectivity index (χ2v) is 10.4. The molecule has 35 heavy (non-hydrogen) atoms. The summed E-state index contributed by atoms with van der Waals surface area (Å²) in [6.07, 6.45) is -8.90. The number of aromatic nitrogens is 4. The van der Waals surface area contributed by atoms with E-state index in [0.717, 1.165) is 44.3 Å². The summed E-state index contributed by atoms with van der Waals surface area (Å²) in [5.41, 5.74) is 0.786. The number of halogens is 7. The number of hydrogen-bond donors (Lipinski definition) is 3. The van der Waals surface area contributed by atoms with Gasteiger partial charge in [-0.2, -0.15) is 31.3 Å². The second kappa shape index (κ2) is 8.86. The Balaban J connectivity index is 2.00. The fraction of sp³-hybridized carbons (Fsp3) is 0.316. The van der Waals surface area contributed by atoms with Crippen molar-refractivity contribution in [2.75, 3.05) is 16.8 Å². The van der Waals surface area contributed by atoms with Gasteiger partial charge in [0.1, 0.15) is 0 Å². The number of hydrogen-bond acceptors (Lipinski definition) is 7. The summed E-state index contributed by atoms with van der Waals surface area (Å²) in [7, 11) is -4.51. The predicted molar refractivity (Wildman–Crippen MR) is 116 cm³/mol. The average molecular weight is 543 g/mol. The van der Waals surface area contributed by atoms with E-state index in [1.165, 1.54) is 0 Å². The van der Waals surface area contributed by atoms with Crippen LogP contribution >= 0.6 is 11.6 Å². The van der Waals surface area contributed by atoms with Crippen molar-refractivity contribution in [3.05, 3.63) is 41.0 Å². The molecule has 0 aliphatic carbocycles. The van der Waals surface area contributed by atoms with Gasteiger partial charge in [0.2, 0.25) is 11.9 Å². The van der Waals surface area contributed by atoms with Crippen molar-refractivity contribution in [2.24, 2.45) is 5.41 Å². The predicted octanol–water partition coefficient (Wildman–Crippen LogP) is 5.23. The van der Waals surface area contributed by atoms with Crippen LogP contribution < -0.4 is 11.1 Å². The van der Waals surface area contributed by atoms with Gasteiger partial charge in [0.05, 0.1) is 21.8 Å². The lowest BCUT2D eigenvalue weighted by Gasteiger charge is -2.27. The summed E-state index contributed by atoms with van der Waals surface area (Å²) in [6.45, 7) is 1.44. The molecular weight excluding hydrogens is 526 g/mol. The topological polar surface area (TPSA) is 127 Å². The van der Waals surface area contributed by atoms with Crippen LogP contribution in [-0.4, -0.2) is 40.5 Å². The van der Waals surface area contributed by atoms with E-state index in [1.807, 2.05) is 0 Å². The highest BCUT2D eigenvalue weighted by Gasteiger charge is 2.50. The number of nitrogens with zero attached hydrogens (tertiary/aromatic N) is 3. The molecule has 3 aromatic rings. The maximum absolute atomic E-state index is 13.8. The lowest BCUT2D eigenvalue weighted by molar-refractivity contribution is -0.203. The van der Waals surface area contributed by atoms with Crippen molar-refractivity contribution in [1.29, 1.82) is 0 Å². The summed E-state index contributed by atoms with van der Waals surface area (Å²) in [4.78, 5) is 7.33. The number of anilines is 3. The van der Waals surface area contributed by atoms with Gasteiger partial charge in [-0.05, 0) is 24.3 Å². The van der Waals surface area contributed by atoms with Crippen molar-refractivity contribution < 1.29 is 34.8 Å². The summed E-state index contributed by atoms with van der Waals surface area (Å²) in [6, 6.07) is 3.69. The molecule has 0 amide bonds. The Bertz CT molecular complexity index is 1340. The Labute approximate surface area is 199 Å². The van der Waals surface area contributed by atoms with Crippen LogP contribution in [-0.2, 0) is 16.0 Å². The molecule has 0 aliphatic rings. The van der Waals surface area contributed by atoms with Gasteiger partial charge in [-0.15, -0.1) is 5.10 Å². The van der Waals surface area contributed by atoms with Crippen molar-refractivity contribution in [3.63, 3.8) is 0 Å². The highest BCUT2D eigenvalue weighted by atomic mass is 35.5. The fourth-order valence-corrected chi connectivity index (χ4v) is 5.08. The number of nitrogens with two attached hydrogens (primary N) is 1. The average Bonchev–Trinajstić information content (AvgIpc) is 3.10. The number of rotatable bonds is 6. The van der Waals surface area contributed by atoms with E-state index in [4.69, 9.17) is 17.3 Å². The lowest BCUT2D eigenvalue weighted by atomic mass is 9.96. The minimum absolute atomic E-state index is 0.0778. The molecule has 0 saturated heterocycles. The van der Waals surface area contributed by atoms with Gasteiger partial charge in [-0.3, -0.25) is 0 Å². The quantitative estimate of drug-likeness (QED) is 0.364. The van der Waals surface area contributed by atoms with Crippen LogP contribution in [0.25, 0.3) is 11.1 Å². The molecule has 16 heteroatoms. The Hall–Kier alpha value is -3.07. The Kier molecular flexibility index (Phi) is 6.71. The van der Waals surface area contributed by atoms with Crippen molar-refractivity contribution in [2.45, 2.75) is 31.2 Å². The first-order chi connectivity index (χ1) is 15.9. The molecule has 4 N–H and O–H groups in total. The van der Waals surface area contributed by atoms with E-state index in [0.29, 0.717) is 0 Å². The smallest absolute Gasteiger partial charge is 0.368 e. The summed E-state index contributed by atoms with van der Waals surface area (Å²) >= 11 is 6.13. The number of H-pyrrole nitrogens is 1. The zero-order chi connectivity index (χ0) is 26.4. The third-order valence-corrected chi connectivity index (χ3v) is 7.09. The molecule has 0 aliphatic heterocycles. The van der Waals surface area contributed by atoms with Crippen molar-refractivity contribution >= 4 is 39.0 Å². The number of pyridine rings is 1. The number of benzene rings is 1. The summed E-state index contributed by atoms with van der Waals surface area (Å²) in [5.74, 6) is -1.49. The minimum atomic E-state index is -4.89. The number of nitrogen functional groups attached to an aromatic ring is 1. The third-order valence-electron chi connectivity index (χ3n) is 4.82. The van der Waals surface area contributed by atoms with E-state index in [2.05, 4.69) is 25.5 Å². The van der Waals surface area contributed by atoms with Crippen LogP contribution in [0, 0.1) is 5.41 Å². The number of nitrogens with one attached hydrogen (secondary N) is 2. The van der Waals surface area contributed by atoms with Gasteiger partial charge in [0.25, 0.3) is 0 Å². The third kappa shape index (κ3) is 5.78. The van der Waals surface area contributed by atoms with Crippen LogP contribution in [0.15, 0.2) is 35.5 Å². The Morgan fingerprint density at radius 2 is 1.77 bits per heavy atom. The van der Waals surface area contributed by atoms with E-state index in [-0.39, 0.29) is 28.2 Å². The Morgan fingerprint density at radius 1 is 1.11 bits per heavy atom. The van der Waals surface area contributed by atoms with Crippen LogP contribution in [0.4, 0.5) is 43.9 Å². The van der Waals surface area contributed by atoms with Gasteiger partial charge in [0.15, 0.2) is 14.9 Å². The molecule has 2 heterocycles. The molecule has 190 valence electrons. The highest BCUT2D eigenvalue weighted by Crippen LogP contribution is 2.43. The molecule has 8 nitrogen and oxygen atoms in total. The Morgan fingerprint density at radius 3 is 2.26 bits per heavy atom. The van der Waals surface area contributed by atoms with Crippen LogP contribution in [0.2, 0.25) is 5.02 Å². The maximum atomic E-state index is 13.8. The number of aromatic amines is 1. The first-order valence-electron chi connectivity index (χ1n) is 9.52. The fourth-order valence-electron chi connectivity index (χ4n) is 3.00. The number of sulfone groups is 1. The summed E-state index contributed by atoms with van der Waals surface area (Å²) < 4.78 is 106. The molecule has 0 saturated carbocycles. The molecule has 0 fully saturated rings. The largest absolute Gasteiger partial charge is 0.417 e. The molecule has 0 atom stereocenters. The van der Waals surface area contributed by atoms with Crippen molar-refractivity contribution in [3.8, 4) is 11.1 Å². The lowest BCUT2D eigenvalue weighted by Crippen LogP contribution is -2.38. The van der Waals surface area contributed by atoms with Gasteiger partial charge in [0, 0.05) is 23.0 Å². The van der Waals surface area contributed by atoms with E-state index in [1.54, 1.807) is 0 Å². The molecular formula is C19H17ClF6N6O2S. The molecule has 0 bridgehead atoms. The summed E-state index contributed by atoms with van der Waals surface area (Å²) in [5, 5.41) is 7.38. The minimum Gasteiger partial charge on any atom is -0.368 e. The van der Waals surface area contributed by atoms with Gasteiger partial charge < -0.3 is 11.1 Å². The number of alkyl halides is 6. The van der Waals surface area contributed by atoms with Gasteiger partial charge >= 0.3 is 12.4 Å². The molecule has 2 aromatic heterocycles. The molecule has 0 spiro atoms. The zero-order valence-corrected chi connectivity index (χ0v) is 19.5. The van der Waals surface area contributed by atoms with E-state index >= 15 is 0 Å². The van der Waals surface area contributed by atoms with E-state index < -0.39 is 49.5 Å².